The zero-order valence-corrected chi connectivity index (χ0v) is 13.9. The van der Waals surface area contributed by atoms with E-state index >= 15 is 0 Å². The van der Waals surface area contributed by atoms with Crippen LogP contribution in [0.3, 0.4) is 0 Å². The maximum atomic E-state index is 12.7. The van der Waals surface area contributed by atoms with Crippen LogP contribution in [0, 0.1) is 0 Å². The number of nitrogens with one attached hydrogen (secondary N) is 1. The maximum Gasteiger partial charge on any atom is 0.161 e. The number of carbonyl (C=O) groups is 1. The lowest BCUT2D eigenvalue weighted by Crippen LogP contribution is -2.26. The molecule has 1 atom stereocenters. The first-order valence-corrected chi connectivity index (χ1v) is 9.15. The number of hydrogen-bond donors (Lipinski definition) is 1. The van der Waals surface area contributed by atoms with Gasteiger partial charge in [-0.15, -0.1) is 11.3 Å². The first kappa shape index (κ1) is 13.9. The summed E-state index contributed by atoms with van der Waals surface area (Å²) < 4.78 is 0. The minimum absolute atomic E-state index is 0.0497. The zero-order chi connectivity index (χ0) is 16.1. The summed E-state index contributed by atoms with van der Waals surface area (Å²) in [6.45, 7) is 0. The largest absolute Gasteiger partial charge is 0.358 e. The average Bonchev–Trinajstić information content (AvgIpc) is 3.14. The number of nitrogens with zero attached hydrogens (tertiary/aromatic N) is 1. The van der Waals surface area contributed by atoms with Crippen molar-refractivity contribution in [3.05, 3.63) is 69.7 Å². The number of carbonyl (C=O) groups excluding carboxylic acids is 1. The number of benzene rings is 1. The lowest BCUT2D eigenvalue weighted by atomic mass is 9.77. The van der Waals surface area contributed by atoms with Crippen LogP contribution in [0.1, 0.15) is 35.6 Å². The number of ketones is 1. The molecule has 118 valence electrons. The molecule has 0 radical (unpaired) electrons. The van der Waals surface area contributed by atoms with Gasteiger partial charge in [-0.05, 0) is 48.1 Å². The van der Waals surface area contributed by atoms with Crippen LogP contribution < -0.4 is 5.32 Å². The van der Waals surface area contributed by atoms with E-state index in [1.165, 1.54) is 10.4 Å². The van der Waals surface area contributed by atoms with E-state index < -0.39 is 0 Å². The summed E-state index contributed by atoms with van der Waals surface area (Å²) in [6, 6.07) is 12.5. The number of aromatic nitrogens is 1. The molecule has 0 saturated carbocycles. The summed E-state index contributed by atoms with van der Waals surface area (Å²) in [7, 11) is 0. The maximum absolute atomic E-state index is 12.7. The van der Waals surface area contributed by atoms with Gasteiger partial charge in [-0.3, -0.25) is 9.78 Å². The number of pyridine rings is 1. The fraction of sp³-hybridized carbons (Fsp3) is 0.200. The molecule has 5 rings (SSSR count). The molecule has 0 amide bonds. The Balaban J connectivity index is 1.82. The minimum atomic E-state index is 0.0497. The highest BCUT2D eigenvalue weighted by atomic mass is 32.1. The molecule has 3 aromatic rings. The van der Waals surface area contributed by atoms with Crippen LogP contribution in [0.5, 0.6) is 0 Å². The molecule has 0 bridgehead atoms. The van der Waals surface area contributed by atoms with Crippen LogP contribution >= 0.6 is 11.3 Å². The zero-order valence-electron chi connectivity index (χ0n) is 13.1. The molecule has 1 unspecified atom stereocenters. The summed E-state index contributed by atoms with van der Waals surface area (Å²) in [5.41, 5.74) is 5.37. The quantitative estimate of drug-likeness (QED) is 0.692. The topological polar surface area (TPSA) is 42.0 Å². The molecule has 1 aliphatic heterocycles. The first-order chi connectivity index (χ1) is 11.8. The number of anilines is 1. The van der Waals surface area contributed by atoms with E-state index in [9.17, 15) is 4.79 Å². The van der Waals surface area contributed by atoms with Crippen LogP contribution in [-0.2, 0) is 4.79 Å². The van der Waals surface area contributed by atoms with Crippen molar-refractivity contribution in [2.24, 2.45) is 0 Å². The molecular formula is C20H16N2OS. The van der Waals surface area contributed by atoms with Crippen LogP contribution in [0.2, 0.25) is 0 Å². The third-order valence-corrected chi connectivity index (χ3v) is 5.91. The molecular weight excluding hydrogens is 316 g/mol. The van der Waals surface area contributed by atoms with Crippen molar-refractivity contribution in [2.45, 2.75) is 25.2 Å². The van der Waals surface area contributed by atoms with Crippen molar-refractivity contribution in [2.75, 3.05) is 5.32 Å². The van der Waals surface area contributed by atoms with Gasteiger partial charge in [0.25, 0.3) is 0 Å². The third-order valence-electron chi connectivity index (χ3n) is 4.98. The minimum Gasteiger partial charge on any atom is -0.358 e. The van der Waals surface area contributed by atoms with Crippen LogP contribution in [0.25, 0.3) is 10.9 Å². The monoisotopic (exact) mass is 332 g/mol. The average molecular weight is 332 g/mol. The molecule has 1 N–H and O–H groups in total. The molecule has 24 heavy (non-hydrogen) atoms. The molecule has 3 heterocycles. The molecule has 2 aromatic heterocycles. The fourth-order valence-electron chi connectivity index (χ4n) is 3.94. The Labute approximate surface area is 144 Å². The van der Waals surface area contributed by atoms with Crippen LogP contribution in [0.15, 0.2) is 59.2 Å². The summed E-state index contributed by atoms with van der Waals surface area (Å²) in [5, 5.41) is 6.80. The Morgan fingerprint density at radius 1 is 1.12 bits per heavy atom. The second-order valence-corrected chi connectivity index (χ2v) is 7.32. The van der Waals surface area contributed by atoms with E-state index in [0.29, 0.717) is 12.2 Å². The molecule has 0 fully saturated rings. The highest BCUT2D eigenvalue weighted by Crippen LogP contribution is 2.48. The van der Waals surface area contributed by atoms with Gasteiger partial charge < -0.3 is 5.32 Å². The lowest BCUT2D eigenvalue weighted by molar-refractivity contribution is -0.116. The van der Waals surface area contributed by atoms with E-state index in [1.54, 1.807) is 11.3 Å². The Morgan fingerprint density at radius 3 is 2.96 bits per heavy atom. The second-order valence-electron chi connectivity index (χ2n) is 6.34. The van der Waals surface area contributed by atoms with Gasteiger partial charge in [0.1, 0.15) is 0 Å². The van der Waals surface area contributed by atoms with E-state index in [4.69, 9.17) is 0 Å². The Bertz CT molecular complexity index is 988. The number of Topliss-reactive ketones (excluding diaryl/α,β-unsaturated/α-hetero) is 1. The molecule has 1 aliphatic carbocycles. The Hall–Kier alpha value is -2.46. The predicted molar refractivity (Wildman–Crippen MR) is 97.4 cm³/mol. The van der Waals surface area contributed by atoms with E-state index in [0.717, 1.165) is 40.7 Å². The number of fused-ring (bicyclic) bond motifs is 3. The number of hydrogen-bond acceptors (Lipinski definition) is 4. The second kappa shape index (κ2) is 5.28. The molecule has 4 heteroatoms. The predicted octanol–water partition coefficient (Wildman–Crippen LogP) is 4.86. The summed E-state index contributed by atoms with van der Waals surface area (Å²) >= 11 is 1.73. The normalized spacial score (nSPS) is 19.8. The van der Waals surface area contributed by atoms with Gasteiger partial charge in [0.15, 0.2) is 5.78 Å². The summed E-state index contributed by atoms with van der Waals surface area (Å²) in [5.74, 6) is 0.340. The standard InChI is InChI=1S/C20H16N2OS/c23-16-6-1-5-15-19(16)18(17-7-3-11-24-17)13-8-9-14-12(20(13)22-15)4-2-10-21-14/h2-4,7-11,18,22H,1,5-6H2. The van der Waals surface area contributed by atoms with Gasteiger partial charge in [-0.2, -0.15) is 0 Å². The number of rotatable bonds is 1. The lowest BCUT2D eigenvalue weighted by Gasteiger charge is -2.34. The van der Waals surface area contributed by atoms with Crippen molar-refractivity contribution < 1.29 is 4.79 Å². The van der Waals surface area contributed by atoms with E-state index in [2.05, 4.69) is 46.0 Å². The molecule has 0 spiro atoms. The summed E-state index contributed by atoms with van der Waals surface area (Å²) in [4.78, 5) is 18.4. The van der Waals surface area contributed by atoms with Gasteiger partial charge in [-0.25, -0.2) is 0 Å². The number of allylic oxidation sites excluding steroid dienone is 2. The number of thiophene rings is 1. The van der Waals surface area contributed by atoms with Crippen LogP contribution in [0.4, 0.5) is 5.69 Å². The fourth-order valence-corrected chi connectivity index (χ4v) is 4.79. The van der Waals surface area contributed by atoms with E-state index in [1.807, 2.05) is 12.3 Å². The van der Waals surface area contributed by atoms with Crippen LogP contribution in [-0.4, -0.2) is 10.8 Å². The van der Waals surface area contributed by atoms with Gasteiger partial charge in [-0.1, -0.05) is 12.1 Å². The van der Waals surface area contributed by atoms with Crippen molar-refractivity contribution in [3.63, 3.8) is 0 Å². The highest BCUT2D eigenvalue weighted by molar-refractivity contribution is 7.10. The van der Waals surface area contributed by atoms with Gasteiger partial charge in [0.2, 0.25) is 0 Å². The highest BCUT2D eigenvalue weighted by Gasteiger charge is 2.36. The van der Waals surface area contributed by atoms with Gasteiger partial charge in [0, 0.05) is 34.2 Å². The molecule has 2 aliphatic rings. The van der Waals surface area contributed by atoms with Crippen molar-refractivity contribution in [1.82, 2.24) is 4.98 Å². The van der Waals surface area contributed by atoms with Crippen molar-refractivity contribution in [1.29, 1.82) is 0 Å². The molecule has 0 saturated heterocycles. The smallest absolute Gasteiger partial charge is 0.161 e. The molecule has 1 aromatic carbocycles. The molecule has 3 nitrogen and oxygen atoms in total. The van der Waals surface area contributed by atoms with Gasteiger partial charge >= 0.3 is 0 Å². The van der Waals surface area contributed by atoms with Crippen molar-refractivity contribution >= 4 is 33.7 Å². The Kier molecular flexibility index (Phi) is 3.06. The van der Waals surface area contributed by atoms with Gasteiger partial charge in [0.05, 0.1) is 17.1 Å². The first-order valence-electron chi connectivity index (χ1n) is 8.27. The summed E-state index contributed by atoms with van der Waals surface area (Å²) in [6.07, 6.45) is 4.36. The Morgan fingerprint density at radius 2 is 2.08 bits per heavy atom. The third kappa shape index (κ3) is 1.96. The van der Waals surface area contributed by atoms with Crippen molar-refractivity contribution in [3.8, 4) is 0 Å². The SMILES string of the molecule is O=C1CCCC2=C1C(c1cccs1)c1ccc3ncccc3c1N2. The van der Waals surface area contributed by atoms with E-state index in [-0.39, 0.29) is 5.92 Å².